The number of para-hydroxylation sites is 1. The number of aromatic nitrogens is 1. The number of nitrogens with one attached hydrogen (secondary N) is 1. The molecule has 2 heterocycles. The molecule has 1 atom stereocenters. The predicted molar refractivity (Wildman–Crippen MR) is 113 cm³/mol. The standard InChI is InChI=1S/C23H22N2O2S/c1-15-10-11-20(24-13-15)18-8-5-6-16-12-17(27-22(16)18)14-25-23(26)19-7-3-4-9-21(19)28-2/h3-11,13,17H,12,14H2,1-2H3,(H,25,26). The minimum atomic E-state index is -0.0769. The van der Waals surface area contributed by atoms with Crippen LogP contribution < -0.4 is 10.1 Å². The van der Waals surface area contributed by atoms with Crippen LogP contribution >= 0.6 is 11.8 Å². The lowest BCUT2D eigenvalue weighted by Gasteiger charge is -2.14. The molecule has 0 spiro atoms. The number of aryl methyl sites for hydroxylation is 1. The summed E-state index contributed by atoms with van der Waals surface area (Å²) in [7, 11) is 0. The van der Waals surface area contributed by atoms with Crippen molar-refractivity contribution in [1.29, 1.82) is 0 Å². The van der Waals surface area contributed by atoms with Crippen LogP contribution in [0.4, 0.5) is 0 Å². The zero-order valence-electron chi connectivity index (χ0n) is 15.9. The molecule has 3 aromatic rings. The van der Waals surface area contributed by atoms with Crippen molar-refractivity contribution in [1.82, 2.24) is 10.3 Å². The molecule has 4 rings (SSSR count). The average Bonchev–Trinajstić information content (AvgIpc) is 3.16. The summed E-state index contributed by atoms with van der Waals surface area (Å²) in [4.78, 5) is 18.1. The summed E-state index contributed by atoms with van der Waals surface area (Å²) >= 11 is 1.57. The first-order chi connectivity index (χ1) is 13.7. The maximum absolute atomic E-state index is 12.6. The van der Waals surface area contributed by atoms with Crippen molar-refractivity contribution in [3.63, 3.8) is 0 Å². The molecule has 0 saturated heterocycles. The number of hydrogen-bond acceptors (Lipinski definition) is 4. The normalized spacial score (nSPS) is 15.0. The molecule has 4 nitrogen and oxygen atoms in total. The van der Waals surface area contributed by atoms with Crippen molar-refractivity contribution in [2.24, 2.45) is 0 Å². The smallest absolute Gasteiger partial charge is 0.252 e. The van der Waals surface area contributed by atoms with Crippen LogP contribution in [0.5, 0.6) is 5.75 Å². The van der Waals surface area contributed by atoms with Crippen LogP contribution in [-0.2, 0) is 6.42 Å². The van der Waals surface area contributed by atoms with Gasteiger partial charge in [0.2, 0.25) is 0 Å². The number of nitrogens with zero attached hydrogens (tertiary/aromatic N) is 1. The molecule has 1 aromatic heterocycles. The van der Waals surface area contributed by atoms with Crippen molar-refractivity contribution in [2.75, 3.05) is 12.8 Å². The number of amides is 1. The Balaban J connectivity index is 1.46. The molecule has 1 aliphatic rings. The summed E-state index contributed by atoms with van der Waals surface area (Å²) in [5.74, 6) is 0.813. The second-order valence-corrected chi connectivity index (χ2v) is 7.72. The van der Waals surface area contributed by atoms with Crippen molar-refractivity contribution in [3.8, 4) is 17.0 Å². The van der Waals surface area contributed by atoms with Crippen LogP contribution in [0, 0.1) is 6.92 Å². The Hall–Kier alpha value is -2.79. The number of carbonyl (C=O) groups excluding carboxylic acids is 1. The van der Waals surface area contributed by atoms with E-state index in [0.29, 0.717) is 12.1 Å². The number of pyridine rings is 1. The number of fused-ring (bicyclic) bond motifs is 1. The number of thioether (sulfide) groups is 1. The van der Waals surface area contributed by atoms with E-state index in [9.17, 15) is 4.79 Å². The molecule has 1 unspecified atom stereocenters. The Morgan fingerprint density at radius 1 is 1.18 bits per heavy atom. The van der Waals surface area contributed by atoms with Gasteiger partial charge in [-0.1, -0.05) is 30.3 Å². The summed E-state index contributed by atoms with van der Waals surface area (Å²) < 4.78 is 6.21. The lowest BCUT2D eigenvalue weighted by atomic mass is 10.0. The highest BCUT2D eigenvalue weighted by atomic mass is 32.2. The van der Waals surface area contributed by atoms with E-state index in [4.69, 9.17) is 4.74 Å². The van der Waals surface area contributed by atoms with Crippen LogP contribution in [-0.4, -0.2) is 29.8 Å². The predicted octanol–water partition coefficient (Wildman–Crippen LogP) is 4.51. The number of hydrogen-bond donors (Lipinski definition) is 1. The van der Waals surface area contributed by atoms with E-state index < -0.39 is 0 Å². The van der Waals surface area contributed by atoms with Gasteiger partial charge in [-0.25, -0.2) is 0 Å². The van der Waals surface area contributed by atoms with E-state index in [1.165, 1.54) is 0 Å². The molecule has 0 fully saturated rings. The van der Waals surface area contributed by atoms with Gasteiger partial charge in [0.25, 0.3) is 5.91 Å². The molecule has 0 bridgehead atoms. The summed E-state index contributed by atoms with van der Waals surface area (Å²) in [5.41, 5.74) is 4.89. The third-order valence-corrected chi connectivity index (χ3v) is 5.65. The molecule has 0 saturated carbocycles. The van der Waals surface area contributed by atoms with Gasteiger partial charge in [-0.05, 0) is 48.6 Å². The van der Waals surface area contributed by atoms with E-state index in [-0.39, 0.29) is 12.0 Å². The lowest BCUT2D eigenvalue weighted by Crippen LogP contribution is -2.34. The minimum absolute atomic E-state index is 0.0649. The van der Waals surface area contributed by atoms with E-state index in [1.807, 2.05) is 61.8 Å². The molecule has 0 aliphatic carbocycles. The topological polar surface area (TPSA) is 51.2 Å². The molecule has 142 valence electrons. The van der Waals surface area contributed by atoms with E-state index >= 15 is 0 Å². The molecule has 5 heteroatoms. The van der Waals surface area contributed by atoms with Gasteiger partial charge in [-0.2, -0.15) is 0 Å². The Kier molecular flexibility index (Phi) is 5.35. The second kappa shape index (κ2) is 8.07. The quantitative estimate of drug-likeness (QED) is 0.651. The second-order valence-electron chi connectivity index (χ2n) is 6.87. The Morgan fingerprint density at radius 3 is 2.82 bits per heavy atom. The fourth-order valence-corrected chi connectivity index (χ4v) is 4.01. The van der Waals surface area contributed by atoms with Crippen LogP contribution in [0.3, 0.4) is 0 Å². The number of ether oxygens (including phenoxy) is 1. The first kappa shape index (κ1) is 18.6. The van der Waals surface area contributed by atoms with Gasteiger partial charge in [0, 0.05) is 23.1 Å². The highest BCUT2D eigenvalue weighted by molar-refractivity contribution is 7.98. The van der Waals surface area contributed by atoms with Gasteiger partial charge in [-0.15, -0.1) is 11.8 Å². The fourth-order valence-electron chi connectivity index (χ4n) is 3.42. The molecule has 28 heavy (non-hydrogen) atoms. The number of carbonyl (C=O) groups is 1. The summed E-state index contributed by atoms with van der Waals surface area (Å²) in [6.07, 6.45) is 4.54. The third kappa shape index (κ3) is 3.76. The first-order valence-corrected chi connectivity index (χ1v) is 10.5. The molecular weight excluding hydrogens is 368 g/mol. The van der Waals surface area contributed by atoms with Gasteiger partial charge in [-0.3, -0.25) is 9.78 Å². The fraction of sp³-hybridized carbons (Fsp3) is 0.217. The van der Waals surface area contributed by atoms with Crippen LogP contribution in [0.1, 0.15) is 21.5 Å². The van der Waals surface area contributed by atoms with Gasteiger partial charge < -0.3 is 10.1 Å². The van der Waals surface area contributed by atoms with Gasteiger partial charge >= 0.3 is 0 Å². The molecule has 1 N–H and O–H groups in total. The molecule has 1 amide bonds. The van der Waals surface area contributed by atoms with Crippen molar-refractivity contribution in [3.05, 3.63) is 77.5 Å². The maximum atomic E-state index is 12.6. The molecule has 2 aromatic carbocycles. The highest BCUT2D eigenvalue weighted by Gasteiger charge is 2.26. The van der Waals surface area contributed by atoms with Gasteiger partial charge in [0.05, 0.1) is 17.8 Å². The van der Waals surface area contributed by atoms with Crippen molar-refractivity contribution < 1.29 is 9.53 Å². The zero-order valence-corrected chi connectivity index (χ0v) is 16.8. The van der Waals surface area contributed by atoms with Gasteiger partial charge in [0.15, 0.2) is 0 Å². The van der Waals surface area contributed by atoms with Crippen LogP contribution in [0.25, 0.3) is 11.3 Å². The molecule has 0 radical (unpaired) electrons. The monoisotopic (exact) mass is 390 g/mol. The minimum Gasteiger partial charge on any atom is -0.487 e. The molecule has 1 aliphatic heterocycles. The number of benzene rings is 2. The SMILES string of the molecule is CSc1ccccc1C(=O)NCC1Cc2cccc(-c3ccc(C)cn3)c2O1. The largest absolute Gasteiger partial charge is 0.487 e. The van der Waals surface area contributed by atoms with E-state index in [2.05, 4.69) is 22.4 Å². The summed E-state index contributed by atoms with van der Waals surface area (Å²) in [5, 5.41) is 3.02. The van der Waals surface area contributed by atoms with E-state index in [1.54, 1.807) is 11.8 Å². The Bertz CT molecular complexity index is 1000. The Morgan fingerprint density at radius 2 is 2.04 bits per heavy atom. The molecular formula is C23H22N2O2S. The van der Waals surface area contributed by atoms with Crippen LogP contribution in [0.15, 0.2) is 65.7 Å². The first-order valence-electron chi connectivity index (χ1n) is 9.28. The van der Waals surface area contributed by atoms with E-state index in [0.717, 1.165) is 39.5 Å². The third-order valence-electron chi connectivity index (χ3n) is 4.86. The number of rotatable bonds is 5. The Labute approximate surface area is 169 Å². The average molecular weight is 391 g/mol. The zero-order chi connectivity index (χ0) is 19.5. The summed E-state index contributed by atoms with van der Waals surface area (Å²) in [6.45, 7) is 2.49. The van der Waals surface area contributed by atoms with Crippen LogP contribution in [0.2, 0.25) is 0 Å². The van der Waals surface area contributed by atoms with Gasteiger partial charge in [0.1, 0.15) is 11.9 Å². The van der Waals surface area contributed by atoms with Crippen molar-refractivity contribution >= 4 is 17.7 Å². The lowest BCUT2D eigenvalue weighted by molar-refractivity contribution is 0.0930. The summed E-state index contributed by atoms with van der Waals surface area (Å²) in [6, 6.07) is 17.9. The highest BCUT2D eigenvalue weighted by Crippen LogP contribution is 2.38. The van der Waals surface area contributed by atoms with Crippen molar-refractivity contribution in [2.45, 2.75) is 24.3 Å². The maximum Gasteiger partial charge on any atom is 0.252 e.